The molecule has 10 rings (SSSR count). The first-order chi connectivity index (χ1) is 34.6. The van der Waals surface area contributed by atoms with Gasteiger partial charge in [0, 0.05) is 76.5 Å². The summed E-state index contributed by atoms with van der Waals surface area (Å²) in [5, 5.41) is 17.3. The molecule has 0 spiro atoms. The van der Waals surface area contributed by atoms with E-state index in [9.17, 15) is 9.59 Å². The Morgan fingerprint density at radius 3 is 1.69 bits per heavy atom. The monoisotopic (exact) mass is 1040 g/mol. The summed E-state index contributed by atoms with van der Waals surface area (Å²) >= 11 is 17.7. The normalized spacial score (nSPS) is 20.5. The summed E-state index contributed by atoms with van der Waals surface area (Å²) in [5.74, 6) is 3.73. The van der Waals surface area contributed by atoms with E-state index in [2.05, 4.69) is 72.6 Å². The number of benzene rings is 2. The molecule has 2 aromatic carbocycles. The smallest absolute Gasteiger partial charge is 0.245 e. The number of H-pyrrole nitrogens is 2. The Bertz CT molecular complexity index is 2710. The van der Waals surface area contributed by atoms with Crippen molar-refractivity contribution in [3.05, 3.63) is 109 Å². The number of piperidine rings is 2. The van der Waals surface area contributed by atoms with Crippen molar-refractivity contribution in [1.29, 1.82) is 0 Å². The Morgan fingerprint density at radius 2 is 1.17 bits per heavy atom. The highest BCUT2D eigenvalue weighted by Crippen LogP contribution is 2.36. The molecule has 72 heavy (non-hydrogen) atoms. The number of carbonyl (C=O) groups is 2. The topological polar surface area (TPSA) is 169 Å². The maximum Gasteiger partial charge on any atom is 0.245 e. The SMILES string of the molecule is C.C=CC(=O)Cl.C=CC(=O)N1CCC(NC[C@H]2CCC[C@@H](Nc3ncc(Cl)c(-c4c[nH]c5ccccc45)n3)C2)CC1.Clc1cnc(N[C@@H]2CCC[C@H](CCC3CCNCC3)C2)nc1-c1c[nH]c2ccccc12. The number of aromatic amines is 2. The van der Waals surface area contributed by atoms with Crippen LogP contribution in [0.2, 0.25) is 10.0 Å². The summed E-state index contributed by atoms with van der Waals surface area (Å²) in [6, 6.07) is 17.7. The quantitative estimate of drug-likeness (QED) is 0.0456. The van der Waals surface area contributed by atoms with Crippen LogP contribution in [-0.4, -0.2) is 96.8 Å². The van der Waals surface area contributed by atoms with Crippen LogP contribution < -0.4 is 21.3 Å². The van der Waals surface area contributed by atoms with Crippen LogP contribution in [0.5, 0.6) is 0 Å². The summed E-state index contributed by atoms with van der Waals surface area (Å²) in [6.07, 6.45) is 27.0. The molecule has 6 heterocycles. The van der Waals surface area contributed by atoms with E-state index >= 15 is 0 Å². The molecule has 4 fully saturated rings. The highest BCUT2D eigenvalue weighted by Gasteiger charge is 2.27. The van der Waals surface area contributed by atoms with Gasteiger partial charge in [0.25, 0.3) is 0 Å². The van der Waals surface area contributed by atoms with Gasteiger partial charge in [-0.05, 0) is 131 Å². The number of nitrogens with zero attached hydrogens (tertiary/aromatic N) is 5. The minimum absolute atomic E-state index is 0. The number of hydrogen-bond donors (Lipinski definition) is 6. The van der Waals surface area contributed by atoms with Crippen molar-refractivity contribution < 1.29 is 9.59 Å². The number of carbonyl (C=O) groups excluding carboxylic acids is 2. The molecule has 4 aliphatic rings. The lowest BCUT2D eigenvalue weighted by atomic mass is 9.80. The third-order valence-corrected chi connectivity index (χ3v) is 15.4. The second kappa shape index (κ2) is 27.1. The number of hydrogen-bond acceptors (Lipinski definition) is 10. The predicted octanol–water partition coefficient (Wildman–Crippen LogP) is 12.6. The van der Waals surface area contributed by atoms with Crippen molar-refractivity contribution in [3.8, 4) is 22.5 Å². The van der Waals surface area contributed by atoms with Crippen LogP contribution in [-0.2, 0) is 9.59 Å². The van der Waals surface area contributed by atoms with Gasteiger partial charge in [0.1, 0.15) is 0 Å². The van der Waals surface area contributed by atoms with E-state index in [0.29, 0.717) is 46.0 Å². The summed E-state index contributed by atoms with van der Waals surface area (Å²) < 4.78 is 0. The maximum absolute atomic E-state index is 11.8. The van der Waals surface area contributed by atoms with E-state index in [1.165, 1.54) is 83.4 Å². The third kappa shape index (κ3) is 14.9. The van der Waals surface area contributed by atoms with Gasteiger partial charge >= 0.3 is 0 Å². The third-order valence-electron chi connectivity index (χ3n) is 14.7. The average molecular weight is 1040 g/mol. The molecule has 2 aliphatic heterocycles. The zero-order chi connectivity index (χ0) is 49.5. The Morgan fingerprint density at radius 1 is 0.667 bits per heavy atom. The number of rotatable bonds is 14. The van der Waals surface area contributed by atoms with Gasteiger partial charge in [-0.3, -0.25) is 9.59 Å². The van der Waals surface area contributed by atoms with E-state index in [4.69, 9.17) is 44.8 Å². The van der Waals surface area contributed by atoms with E-state index in [-0.39, 0.29) is 13.3 Å². The van der Waals surface area contributed by atoms with Crippen LogP contribution >= 0.6 is 34.8 Å². The maximum atomic E-state index is 11.8. The van der Waals surface area contributed by atoms with Gasteiger partial charge in [-0.2, -0.15) is 0 Å². The van der Waals surface area contributed by atoms with Crippen molar-refractivity contribution in [2.45, 2.75) is 115 Å². The molecule has 0 radical (unpaired) electrons. The second-order valence-electron chi connectivity index (χ2n) is 19.5. The lowest BCUT2D eigenvalue weighted by molar-refractivity contribution is -0.127. The first kappa shape index (κ1) is 54.5. The highest BCUT2D eigenvalue weighted by molar-refractivity contribution is 6.66. The van der Waals surface area contributed by atoms with Crippen LogP contribution in [0.3, 0.4) is 0 Å². The number of halogens is 3. The fraction of sp³-hybridized carbons (Fsp3) is 0.464. The second-order valence-corrected chi connectivity index (χ2v) is 20.7. The van der Waals surface area contributed by atoms with E-state index in [1.54, 1.807) is 12.4 Å². The highest BCUT2D eigenvalue weighted by atomic mass is 35.5. The number of amides is 1. The number of para-hydroxylation sites is 2. The number of nitrogens with one attached hydrogen (secondary N) is 6. The van der Waals surface area contributed by atoms with Gasteiger partial charge in [-0.1, -0.05) is 112 Å². The van der Waals surface area contributed by atoms with E-state index < -0.39 is 5.24 Å². The van der Waals surface area contributed by atoms with Crippen LogP contribution in [0.25, 0.3) is 44.3 Å². The standard InChI is InChI=1S/C27H33ClN6O.C25H32ClN5.C3H3ClO.CH4/c1-2-25(35)34-12-10-19(11-13-34)29-15-18-6-5-7-20(14-18)32-27-31-17-23(28)26(33-27)22-16-30-24-9-4-3-8-21(22)24;26-22-16-29-25(31-24(22)21-15-28-23-7-2-1-6-20(21)23)30-19-5-3-4-18(14-19)9-8-17-10-12-27-13-11-17;1-2-3(4)5;/h2-4,8-9,16-20,29-30H,1,5-7,10-15H2,(H,31,32,33);1-2,6-7,15-19,27-28H,3-5,8-14H2,(H,29,30,31);2H,1H2;1H4/t18-,20+;18-,19-;;/m01../s1. The lowest BCUT2D eigenvalue weighted by Crippen LogP contribution is -2.46. The summed E-state index contributed by atoms with van der Waals surface area (Å²) in [4.78, 5) is 48.4. The largest absolute Gasteiger partial charge is 0.360 e. The van der Waals surface area contributed by atoms with Gasteiger partial charge in [-0.15, -0.1) is 0 Å². The fourth-order valence-electron chi connectivity index (χ4n) is 10.9. The van der Waals surface area contributed by atoms with E-state index in [0.717, 1.165) is 108 Å². The van der Waals surface area contributed by atoms with Crippen LogP contribution in [0, 0.1) is 17.8 Å². The molecule has 2 aliphatic carbocycles. The molecular weight excluding hydrogens is 965 g/mol. The van der Waals surface area contributed by atoms with Crippen LogP contribution in [0.15, 0.2) is 98.6 Å². The molecule has 6 N–H and O–H groups in total. The molecule has 13 nitrogen and oxygen atoms in total. The molecule has 2 saturated carbocycles. The first-order valence-electron chi connectivity index (χ1n) is 25.5. The summed E-state index contributed by atoms with van der Waals surface area (Å²) in [5.41, 5.74) is 5.70. The molecule has 1 amide bonds. The molecular formula is C56H72Cl3N11O2. The fourth-order valence-corrected chi connectivity index (χ4v) is 11.2. The van der Waals surface area contributed by atoms with Gasteiger partial charge < -0.3 is 36.1 Å². The van der Waals surface area contributed by atoms with Gasteiger partial charge in [0.15, 0.2) is 0 Å². The van der Waals surface area contributed by atoms with Crippen molar-refractivity contribution in [1.82, 2.24) is 45.4 Å². The van der Waals surface area contributed by atoms with Crippen molar-refractivity contribution >= 4 is 79.7 Å². The van der Waals surface area contributed by atoms with Gasteiger partial charge in [0.05, 0.1) is 33.8 Å². The zero-order valence-electron chi connectivity index (χ0n) is 40.6. The minimum Gasteiger partial charge on any atom is -0.360 e. The van der Waals surface area contributed by atoms with Gasteiger partial charge in [-0.25, -0.2) is 19.9 Å². The number of aromatic nitrogens is 6. The summed E-state index contributed by atoms with van der Waals surface area (Å²) in [7, 11) is 0. The predicted molar refractivity (Wildman–Crippen MR) is 298 cm³/mol. The molecule has 16 heteroatoms. The number of allylic oxidation sites excluding steroid dienone is 1. The van der Waals surface area contributed by atoms with Crippen molar-refractivity contribution in [2.24, 2.45) is 17.8 Å². The molecule has 384 valence electrons. The van der Waals surface area contributed by atoms with Crippen LogP contribution in [0.1, 0.15) is 97.3 Å². The Kier molecular flexibility index (Phi) is 20.5. The summed E-state index contributed by atoms with van der Waals surface area (Å²) in [6.45, 7) is 11.7. The first-order valence-corrected chi connectivity index (χ1v) is 26.7. The Balaban J connectivity index is 0.000000192. The lowest BCUT2D eigenvalue weighted by Gasteiger charge is -2.34. The number of anilines is 2. The number of fused-ring (bicyclic) bond motifs is 2. The van der Waals surface area contributed by atoms with Crippen molar-refractivity contribution in [2.75, 3.05) is 43.4 Å². The Hall–Kier alpha value is -5.31. The average Bonchev–Trinajstić information content (AvgIpc) is 4.04. The zero-order valence-corrected chi connectivity index (χ0v) is 42.9. The molecule has 4 atom stereocenters. The van der Waals surface area contributed by atoms with Crippen LogP contribution in [0.4, 0.5) is 11.9 Å². The molecule has 4 aromatic heterocycles. The number of likely N-dealkylation sites (tertiary alicyclic amines) is 1. The Labute approximate surface area is 440 Å². The molecule has 2 saturated heterocycles. The minimum atomic E-state index is -0.509. The van der Waals surface area contributed by atoms with Crippen molar-refractivity contribution in [3.63, 3.8) is 0 Å². The molecule has 0 bridgehead atoms. The van der Waals surface area contributed by atoms with E-state index in [1.807, 2.05) is 47.6 Å². The van der Waals surface area contributed by atoms with Gasteiger partial charge in [0.2, 0.25) is 23.0 Å². The molecule has 0 unspecified atom stereocenters. The molecule has 6 aromatic rings.